The summed E-state index contributed by atoms with van der Waals surface area (Å²) in [6.07, 6.45) is 8.81. The monoisotopic (exact) mass is 361 g/mol. The Bertz CT molecular complexity index is 990. The quantitative estimate of drug-likeness (QED) is 0.538. The molecule has 1 aliphatic rings. The van der Waals surface area contributed by atoms with E-state index in [1.54, 1.807) is 17.0 Å². The minimum Gasteiger partial charge on any atom is -0.459 e. The van der Waals surface area contributed by atoms with Crippen molar-refractivity contribution in [3.05, 3.63) is 54.7 Å². The minimum absolute atomic E-state index is 0.0793. The molecule has 0 saturated heterocycles. The second kappa shape index (κ2) is 7.00. The molecule has 7 nitrogen and oxygen atoms in total. The van der Waals surface area contributed by atoms with Gasteiger partial charge >= 0.3 is 0 Å². The fraction of sp³-hybridized carbons (Fsp3) is 0.250. The first-order valence-electron chi connectivity index (χ1n) is 8.76. The Balaban J connectivity index is 1.40. The van der Waals surface area contributed by atoms with Gasteiger partial charge in [0.1, 0.15) is 0 Å². The predicted molar refractivity (Wildman–Crippen MR) is 99.4 cm³/mol. The normalized spacial score (nSPS) is 18.4. The highest BCUT2D eigenvalue weighted by molar-refractivity contribution is 5.93. The number of rotatable bonds is 5. The molecule has 1 saturated carbocycles. The van der Waals surface area contributed by atoms with Gasteiger partial charge in [-0.2, -0.15) is 10.4 Å². The summed E-state index contributed by atoms with van der Waals surface area (Å²) >= 11 is 0. The molecule has 0 unspecified atom stereocenters. The predicted octanol–water partition coefficient (Wildman–Crippen LogP) is 2.68. The number of carbonyl (C=O) groups is 1. The van der Waals surface area contributed by atoms with Crippen molar-refractivity contribution in [1.82, 2.24) is 20.4 Å². The average Bonchev–Trinajstić information content (AvgIpc) is 3.29. The lowest BCUT2D eigenvalue weighted by Gasteiger charge is -2.34. The van der Waals surface area contributed by atoms with Crippen LogP contribution in [0.25, 0.3) is 22.3 Å². The first kappa shape index (κ1) is 16.9. The number of amides is 1. The molecular weight excluding hydrogens is 342 g/mol. The largest absolute Gasteiger partial charge is 0.459 e. The van der Waals surface area contributed by atoms with Crippen LogP contribution in [0.3, 0.4) is 0 Å². The summed E-state index contributed by atoms with van der Waals surface area (Å²) < 4.78 is 7.22. The molecule has 3 aromatic rings. The zero-order chi connectivity index (χ0) is 18.8. The van der Waals surface area contributed by atoms with Crippen LogP contribution in [0, 0.1) is 11.5 Å². The number of benzene rings is 1. The van der Waals surface area contributed by atoms with Crippen molar-refractivity contribution < 1.29 is 9.21 Å². The molecule has 2 N–H and O–H groups in total. The number of hydrogen-bond donors (Lipinski definition) is 2. The lowest BCUT2D eigenvalue weighted by Crippen LogP contribution is -2.51. The molecule has 7 heteroatoms. The molecule has 2 aromatic heterocycles. The van der Waals surface area contributed by atoms with Crippen LogP contribution >= 0.6 is 0 Å². The zero-order valence-electron chi connectivity index (χ0n) is 14.8. The highest BCUT2D eigenvalue weighted by Crippen LogP contribution is 2.26. The Labute approximate surface area is 156 Å². The van der Waals surface area contributed by atoms with Gasteiger partial charge in [-0.1, -0.05) is 24.3 Å². The number of nitrogens with zero attached hydrogens (tertiary/aromatic N) is 3. The van der Waals surface area contributed by atoms with E-state index in [9.17, 15) is 4.79 Å². The van der Waals surface area contributed by atoms with Gasteiger partial charge in [0, 0.05) is 36.5 Å². The molecule has 1 amide bonds. The molecule has 27 heavy (non-hydrogen) atoms. The highest BCUT2D eigenvalue weighted by Gasteiger charge is 2.30. The maximum absolute atomic E-state index is 12.3. The standard InChI is InChI=1S/C20H19N5O2/c1-25-10-16(9-23-25)14-4-2-13(3-5-14)15-6-19(27-11-15)20(26)24-18-7-17(8-18)22-12-21/h2-6,9-11,17-18,22H,7-8H2,1H3,(H,24,26). The van der Waals surface area contributed by atoms with E-state index >= 15 is 0 Å². The number of furan rings is 1. The van der Waals surface area contributed by atoms with Gasteiger partial charge in [0.05, 0.1) is 12.5 Å². The average molecular weight is 361 g/mol. The summed E-state index contributed by atoms with van der Waals surface area (Å²) in [6.45, 7) is 0. The van der Waals surface area contributed by atoms with Crippen LogP contribution < -0.4 is 10.6 Å². The third kappa shape index (κ3) is 3.55. The number of carbonyl (C=O) groups excluding carboxylic acids is 1. The van der Waals surface area contributed by atoms with E-state index in [1.807, 2.05) is 49.9 Å². The fourth-order valence-corrected chi connectivity index (χ4v) is 3.23. The van der Waals surface area contributed by atoms with Gasteiger partial charge < -0.3 is 15.1 Å². The summed E-state index contributed by atoms with van der Waals surface area (Å²) in [6, 6.07) is 10.0. The van der Waals surface area contributed by atoms with Crippen molar-refractivity contribution in [2.45, 2.75) is 24.9 Å². The van der Waals surface area contributed by atoms with Gasteiger partial charge in [0.2, 0.25) is 0 Å². The molecule has 0 radical (unpaired) electrons. The molecule has 0 atom stereocenters. The van der Waals surface area contributed by atoms with E-state index < -0.39 is 0 Å². The number of nitriles is 1. The van der Waals surface area contributed by atoms with Crippen molar-refractivity contribution in [3.8, 4) is 28.4 Å². The van der Waals surface area contributed by atoms with Crippen molar-refractivity contribution in [2.24, 2.45) is 7.05 Å². The summed E-state index contributed by atoms with van der Waals surface area (Å²) in [5.74, 6) is 0.0617. The molecule has 2 heterocycles. The smallest absolute Gasteiger partial charge is 0.287 e. The van der Waals surface area contributed by atoms with Crippen LogP contribution in [0.4, 0.5) is 0 Å². The summed E-state index contributed by atoms with van der Waals surface area (Å²) in [4.78, 5) is 12.3. The van der Waals surface area contributed by atoms with Crippen LogP contribution in [0.15, 0.2) is 53.4 Å². The summed E-state index contributed by atoms with van der Waals surface area (Å²) in [5.41, 5.74) is 3.97. The maximum atomic E-state index is 12.3. The van der Waals surface area contributed by atoms with Crippen molar-refractivity contribution in [1.29, 1.82) is 5.26 Å². The van der Waals surface area contributed by atoms with E-state index in [0.717, 1.165) is 35.1 Å². The van der Waals surface area contributed by atoms with E-state index in [-0.39, 0.29) is 23.8 Å². The molecule has 1 fully saturated rings. The van der Waals surface area contributed by atoms with Crippen molar-refractivity contribution >= 4 is 5.91 Å². The molecule has 1 aliphatic carbocycles. The first-order chi connectivity index (χ1) is 13.1. The second-order valence-electron chi connectivity index (χ2n) is 6.77. The topological polar surface area (TPSA) is 95.9 Å². The lowest BCUT2D eigenvalue weighted by atomic mass is 9.87. The van der Waals surface area contributed by atoms with Gasteiger partial charge in [0.25, 0.3) is 5.91 Å². The van der Waals surface area contributed by atoms with Crippen LogP contribution in [0.2, 0.25) is 0 Å². The molecule has 136 valence electrons. The van der Waals surface area contributed by atoms with Crippen molar-refractivity contribution in [2.75, 3.05) is 0 Å². The van der Waals surface area contributed by atoms with Gasteiger partial charge in [-0.25, -0.2) is 0 Å². The van der Waals surface area contributed by atoms with Gasteiger partial charge in [-0.3, -0.25) is 9.48 Å². The van der Waals surface area contributed by atoms with Gasteiger partial charge in [-0.15, -0.1) is 0 Å². The van der Waals surface area contributed by atoms with Crippen LogP contribution in [0.5, 0.6) is 0 Å². The summed E-state index contributed by atoms with van der Waals surface area (Å²) in [5, 5.41) is 18.4. The van der Waals surface area contributed by atoms with E-state index in [2.05, 4.69) is 15.7 Å². The Hall–Kier alpha value is -3.53. The van der Waals surface area contributed by atoms with E-state index in [0.29, 0.717) is 0 Å². The summed E-state index contributed by atoms with van der Waals surface area (Å²) in [7, 11) is 1.89. The number of hydrogen-bond acceptors (Lipinski definition) is 5. The fourth-order valence-electron chi connectivity index (χ4n) is 3.23. The lowest BCUT2D eigenvalue weighted by molar-refractivity contribution is 0.0878. The molecule has 1 aromatic carbocycles. The number of nitrogens with one attached hydrogen (secondary N) is 2. The number of aryl methyl sites for hydroxylation is 1. The first-order valence-corrected chi connectivity index (χ1v) is 8.76. The second-order valence-corrected chi connectivity index (χ2v) is 6.77. The van der Waals surface area contributed by atoms with Crippen LogP contribution in [-0.2, 0) is 7.05 Å². The third-order valence-corrected chi connectivity index (χ3v) is 4.82. The Morgan fingerprint density at radius 1 is 1.19 bits per heavy atom. The SMILES string of the molecule is Cn1cc(-c2ccc(-c3coc(C(=O)NC4CC(NC#N)C4)c3)cc2)cn1. The van der Waals surface area contributed by atoms with Gasteiger partial charge in [-0.05, 0) is 30.0 Å². The Morgan fingerprint density at radius 3 is 2.52 bits per heavy atom. The van der Waals surface area contributed by atoms with E-state index in [4.69, 9.17) is 9.68 Å². The molecule has 0 spiro atoms. The molecule has 0 aliphatic heterocycles. The van der Waals surface area contributed by atoms with Crippen molar-refractivity contribution in [3.63, 3.8) is 0 Å². The zero-order valence-corrected chi connectivity index (χ0v) is 14.8. The van der Waals surface area contributed by atoms with Gasteiger partial charge in [0.15, 0.2) is 12.0 Å². The van der Waals surface area contributed by atoms with Crippen LogP contribution in [0.1, 0.15) is 23.4 Å². The molecule has 0 bridgehead atoms. The Morgan fingerprint density at radius 2 is 1.89 bits per heavy atom. The minimum atomic E-state index is -0.228. The maximum Gasteiger partial charge on any atom is 0.287 e. The third-order valence-electron chi connectivity index (χ3n) is 4.82. The highest BCUT2D eigenvalue weighted by atomic mass is 16.3. The Kier molecular flexibility index (Phi) is 4.38. The van der Waals surface area contributed by atoms with E-state index in [1.165, 1.54) is 0 Å². The number of aromatic nitrogens is 2. The molecular formula is C20H19N5O2. The molecule has 4 rings (SSSR count). The van der Waals surface area contributed by atoms with Crippen LogP contribution in [-0.4, -0.2) is 27.8 Å².